The Bertz CT molecular complexity index is 1260. The molecule has 1 fully saturated rings. The van der Waals surface area contributed by atoms with Crippen molar-refractivity contribution >= 4 is 23.0 Å². The third-order valence-corrected chi connectivity index (χ3v) is 5.96. The molecular formula is C26H35NO11. The third-order valence-electron chi connectivity index (χ3n) is 5.96. The van der Waals surface area contributed by atoms with Gasteiger partial charge in [0.15, 0.2) is 17.8 Å². The molecule has 3 rings (SSSR count). The van der Waals surface area contributed by atoms with Crippen LogP contribution < -0.4 is 15.7 Å². The summed E-state index contributed by atoms with van der Waals surface area (Å²) in [6, 6.07) is 2.85. The largest absolute Gasteiger partial charge is 0.506 e. The SMILES string of the molecule is CCOC(=O)c1c(O)c2ccc(O[C@@H]3OC(C)(C)[C@H](OC)[C@@H](OC(=O)NC(C)(C)C)[C@H]3O)c(C)c2oc1=O. The quantitative estimate of drug-likeness (QED) is 0.367. The maximum Gasteiger partial charge on any atom is 0.408 e. The van der Waals surface area contributed by atoms with E-state index in [0.717, 1.165) is 0 Å². The van der Waals surface area contributed by atoms with Gasteiger partial charge < -0.3 is 43.6 Å². The number of aryl methyl sites for hydroxylation is 1. The minimum absolute atomic E-state index is 0.00806. The zero-order chi connectivity index (χ0) is 28.6. The van der Waals surface area contributed by atoms with Crippen LogP contribution in [0.5, 0.6) is 11.5 Å². The monoisotopic (exact) mass is 537 g/mol. The van der Waals surface area contributed by atoms with Crippen LogP contribution in [0.15, 0.2) is 21.3 Å². The van der Waals surface area contributed by atoms with Crippen LogP contribution >= 0.6 is 0 Å². The Kier molecular flexibility index (Phi) is 8.30. The minimum atomic E-state index is -1.47. The molecule has 3 N–H and O–H groups in total. The van der Waals surface area contributed by atoms with Crippen molar-refractivity contribution in [1.29, 1.82) is 0 Å². The Hall–Kier alpha value is -3.35. The summed E-state index contributed by atoms with van der Waals surface area (Å²) in [4.78, 5) is 37.1. The molecule has 2 aromatic rings. The highest BCUT2D eigenvalue weighted by molar-refractivity contribution is 5.99. The van der Waals surface area contributed by atoms with E-state index in [0.29, 0.717) is 0 Å². The van der Waals surface area contributed by atoms with Crippen LogP contribution in [0.1, 0.15) is 57.5 Å². The Morgan fingerprint density at radius 1 is 1.21 bits per heavy atom. The van der Waals surface area contributed by atoms with Crippen molar-refractivity contribution in [3.05, 3.63) is 33.7 Å². The topological polar surface area (TPSA) is 163 Å². The smallest absolute Gasteiger partial charge is 0.408 e. The highest BCUT2D eigenvalue weighted by Crippen LogP contribution is 2.37. The molecular weight excluding hydrogens is 502 g/mol. The van der Waals surface area contributed by atoms with E-state index in [2.05, 4.69) is 5.32 Å². The van der Waals surface area contributed by atoms with Gasteiger partial charge >= 0.3 is 17.7 Å². The average Bonchev–Trinajstić information content (AvgIpc) is 2.78. The van der Waals surface area contributed by atoms with E-state index in [4.69, 9.17) is 28.1 Å². The van der Waals surface area contributed by atoms with Crippen LogP contribution in [0.3, 0.4) is 0 Å². The molecule has 1 aromatic carbocycles. The zero-order valence-corrected chi connectivity index (χ0v) is 22.7. The standard InChI is InChI=1S/C26H35NO11/c1-9-34-21(30)15-16(28)13-10-11-14(12(2)18(13)36-22(15)31)35-23-17(29)19(20(33-8)26(6,7)38-23)37-24(32)27-25(3,4)5/h10-11,17,19-20,23,28-29H,9H2,1-8H3,(H,27,32)/t17-,19+,20-,23-/m1/s1. The number of aliphatic hydroxyl groups is 1. The van der Waals surface area contributed by atoms with E-state index < -0.39 is 64.7 Å². The fourth-order valence-corrected chi connectivity index (χ4v) is 4.27. The first-order valence-corrected chi connectivity index (χ1v) is 12.1. The summed E-state index contributed by atoms with van der Waals surface area (Å²) in [7, 11) is 1.41. The van der Waals surface area contributed by atoms with Crippen LogP contribution in [0, 0.1) is 6.92 Å². The van der Waals surface area contributed by atoms with Crippen molar-refractivity contribution in [3.8, 4) is 11.5 Å². The van der Waals surface area contributed by atoms with Crippen molar-refractivity contribution in [2.75, 3.05) is 13.7 Å². The number of hydrogen-bond acceptors (Lipinski definition) is 11. The number of ether oxygens (including phenoxy) is 5. The lowest BCUT2D eigenvalue weighted by atomic mass is 9.89. The number of rotatable bonds is 6. The molecule has 38 heavy (non-hydrogen) atoms. The number of hydrogen-bond donors (Lipinski definition) is 3. The van der Waals surface area contributed by atoms with Crippen molar-refractivity contribution < 1.29 is 47.9 Å². The van der Waals surface area contributed by atoms with Gasteiger partial charge in [-0.15, -0.1) is 0 Å². The highest BCUT2D eigenvalue weighted by Gasteiger charge is 2.53. The van der Waals surface area contributed by atoms with Crippen LogP contribution in [-0.2, 0) is 18.9 Å². The van der Waals surface area contributed by atoms with Crippen LogP contribution in [-0.4, -0.2) is 71.7 Å². The van der Waals surface area contributed by atoms with Gasteiger partial charge in [0.2, 0.25) is 6.29 Å². The fourth-order valence-electron chi connectivity index (χ4n) is 4.27. The lowest BCUT2D eigenvalue weighted by molar-refractivity contribution is -0.305. The summed E-state index contributed by atoms with van der Waals surface area (Å²) in [6.45, 7) is 11.9. The minimum Gasteiger partial charge on any atom is -0.506 e. The number of aromatic hydroxyl groups is 1. The molecule has 0 spiro atoms. The second-order valence-corrected chi connectivity index (χ2v) is 10.5. The Balaban J connectivity index is 1.96. The zero-order valence-electron chi connectivity index (χ0n) is 22.7. The molecule has 0 unspecified atom stereocenters. The van der Waals surface area contributed by atoms with E-state index in [1.165, 1.54) is 19.2 Å². The van der Waals surface area contributed by atoms with Crippen molar-refractivity contribution in [2.24, 2.45) is 0 Å². The lowest BCUT2D eigenvalue weighted by Crippen LogP contribution is -2.65. The first kappa shape index (κ1) is 29.2. The van der Waals surface area contributed by atoms with Crippen LogP contribution in [0.25, 0.3) is 11.0 Å². The average molecular weight is 538 g/mol. The van der Waals surface area contributed by atoms with Gasteiger partial charge in [0.1, 0.15) is 23.2 Å². The van der Waals surface area contributed by atoms with Crippen LogP contribution in [0.2, 0.25) is 0 Å². The molecule has 0 aliphatic carbocycles. The molecule has 1 aliphatic heterocycles. The number of fused-ring (bicyclic) bond motifs is 1. The van der Waals surface area contributed by atoms with E-state index in [9.17, 15) is 24.6 Å². The summed E-state index contributed by atoms with van der Waals surface area (Å²) >= 11 is 0. The number of carbonyl (C=O) groups excluding carboxylic acids is 2. The van der Waals surface area contributed by atoms with E-state index in [1.807, 2.05) is 0 Å². The molecule has 1 aliphatic rings. The molecule has 12 heteroatoms. The van der Waals surface area contributed by atoms with E-state index in [1.54, 1.807) is 48.5 Å². The van der Waals surface area contributed by atoms with E-state index >= 15 is 0 Å². The lowest BCUT2D eigenvalue weighted by Gasteiger charge is -2.47. The van der Waals surface area contributed by atoms with Gasteiger partial charge in [-0.25, -0.2) is 14.4 Å². The molecule has 2 heterocycles. The van der Waals surface area contributed by atoms with Gasteiger partial charge in [-0.2, -0.15) is 0 Å². The van der Waals surface area contributed by atoms with Gasteiger partial charge in [0, 0.05) is 18.2 Å². The van der Waals surface area contributed by atoms with Gasteiger partial charge in [-0.1, -0.05) is 0 Å². The summed E-state index contributed by atoms with van der Waals surface area (Å²) in [5.41, 5.74) is -3.07. The predicted molar refractivity (Wildman–Crippen MR) is 134 cm³/mol. The molecule has 0 saturated carbocycles. The van der Waals surface area contributed by atoms with Crippen molar-refractivity contribution in [3.63, 3.8) is 0 Å². The van der Waals surface area contributed by atoms with Crippen molar-refractivity contribution in [1.82, 2.24) is 5.32 Å². The molecule has 0 radical (unpaired) electrons. The first-order chi connectivity index (χ1) is 17.6. The number of amides is 1. The number of aliphatic hydroxyl groups excluding tert-OH is 1. The molecule has 1 amide bonds. The number of benzene rings is 1. The number of nitrogens with one attached hydrogen (secondary N) is 1. The fraction of sp³-hybridized carbons (Fsp3) is 0.577. The molecule has 1 aromatic heterocycles. The molecule has 210 valence electrons. The number of esters is 1. The second kappa shape index (κ2) is 10.8. The molecule has 4 atom stereocenters. The first-order valence-electron chi connectivity index (χ1n) is 12.1. The van der Waals surface area contributed by atoms with Gasteiger partial charge in [0.05, 0.1) is 17.6 Å². The number of alkyl carbamates (subject to hydrolysis) is 1. The van der Waals surface area contributed by atoms with Crippen molar-refractivity contribution in [2.45, 2.75) is 84.2 Å². The molecule has 0 bridgehead atoms. The van der Waals surface area contributed by atoms with Gasteiger partial charge in [0.25, 0.3) is 0 Å². The van der Waals surface area contributed by atoms with E-state index in [-0.39, 0.29) is 28.9 Å². The Labute approximate surface area is 219 Å². The normalized spacial score (nSPS) is 23.1. The summed E-state index contributed by atoms with van der Waals surface area (Å²) < 4.78 is 33.2. The highest BCUT2D eigenvalue weighted by atomic mass is 16.7. The van der Waals surface area contributed by atoms with Gasteiger partial charge in [-0.05, 0) is 60.6 Å². The third kappa shape index (κ3) is 5.87. The number of methoxy groups -OCH3 is 1. The maximum absolute atomic E-state index is 12.5. The second-order valence-electron chi connectivity index (χ2n) is 10.5. The Morgan fingerprint density at radius 2 is 1.87 bits per heavy atom. The van der Waals surface area contributed by atoms with Crippen LogP contribution in [0.4, 0.5) is 4.79 Å². The summed E-state index contributed by atoms with van der Waals surface area (Å²) in [5.74, 6) is -1.44. The summed E-state index contributed by atoms with van der Waals surface area (Å²) in [6.07, 6.45) is -5.54. The summed E-state index contributed by atoms with van der Waals surface area (Å²) in [5, 5.41) is 24.5. The molecule has 12 nitrogen and oxygen atoms in total. The predicted octanol–water partition coefficient (Wildman–Crippen LogP) is 2.77. The van der Waals surface area contributed by atoms with Gasteiger partial charge in [-0.3, -0.25) is 0 Å². The molecule has 1 saturated heterocycles. The maximum atomic E-state index is 12.5. The number of carbonyl (C=O) groups is 2. The Morgan fingerprint density at radius 3 is 2.45 bits per heavy atom.